The molecule has 1 heterocycles. The molecule has 1 aliphatic heterocycles. The maximum Gasteiger partial charge on any atom is 0.253 e. The molecule has 0 saturated carbocycles. The summed E-state index contributed by atoms with van der Waals surface area (Å²) >= 11 is 18.3. The van der Waals surface area contributed by atoms with Crippen molar-refractivity contribution in [2.45, 2.75) is 30.7 Å². The molecule has 0 aliphatic carbocycles. The van der Waals surface area contributed by atoms with E-state index in [9.17, 15) is 13.2 Å². The first-order valence-corrected chi connectivity index (χ1v) is 11.3. The van der Waals surface area contributed by atoms with Crippen LogP contribution in [0.3, 0.4) is 0 Å². The van der Waals surface area contributed by atoms with E-state index < -0.39 is 22.0 Å². The molecule has 5 nitrogen and oxygen atoms in total. The van der Waals surface area contributed by atoms with E-state index in [0.29, 0.717) is 28.7 Å². The normalized spacial score (nSPS) is 16.1. The molecule has 1 unspecified atom stereocenters. The van der Waals surface area contributed by atoms with Gasteiger partial charge in [-0.3, -0.25) is 4.79 Å². The molecular weight excluding hydrogens is 443 g/mol. The summed E-state index contributed by atoms with van der Waals surface area (Å²) < 4.78 is 26.9. The Hall–Kier alpha value is -1.31. The Balaban J connectivity index is 1.85. The number of nitrogens with one attached hydrogen (secondary N) is 1. The van der Waals surface area contributed by atoms with Gasteiger partial charge in [0.15, 0.2) is 0 Å². The molecule has 2 aromatic rings. The van der Waals surface area contributed by atoms with E-state index in [0.717, 1.165) is 12.8 Å². The van der Waals surface area contributed by atoms with Gasteiger partial charge in [-0.15, -0.1) is 0 Å². The van der Waals surface area contributed by atoms with Gasteiger partial charge in [-0.2, -0.15) is 4.31 Å². The number of carbonyl (C=O) groups excluding carboxylic acids is 1. The lowest BCUT2D eigenvalue weighted by Crippen LogP contribution is -2.29. The van der Waals surface area contributed by atoms with Crippen LogP contribution in [0.2, 0.25) is 15.1 Å². The van der Waals surface area contributed by atoms with Gasteiger partial charge in [0, 0.05) is 23.1 Å². The zero-order valence-corrected chi connectivity index (χ0v) is 18.2. The van der Waals surface area contributed by atoms with E-state index in [1.54, 1.807) is 25.1 Å². The summed E-state index contributed by atoms with van der Waals surface area (Å²) in [4.78, 5) is 12.8. The lowest BCUT2D eigenvalue weighted by molar-refractivity contribution is 0.0940. The van der Waals surface area contributed by atoms with Gasteiger partial charge in [0.25, 0.3) is 5.91 Å². The van der Waals surface area contributed by atoms with Gasteiger partial charge in [0.1, 0.15) is 0 Å². The second-order valence-electron chi connectivity index (χ2n) is 6.61. The third-order valence-corrected chi connectivity index (χ3v) is 7.45. The summed E-state index contributed by atoms with van der Waals surface area (Å²) in [5.74, 6) is -0.484. The van der Waals surface area contributed by atoms with Crippen LogP contribution in [0.25, 0.3) is 0 Å². The fourth-order valence-corrected chi connectivity index (χ4v) is 5.44. The van der Waals surface area contributed by atoms with E-state index >= 15 is 0 Å². The van der Waals surface area contributed by atoms with Crippen molar-refractivity contribution < 1.29 is 13.2 Å². The number of amides is 1. The van der Waals surface area contributed by atoms with Crippen molar-refractivity contribution >= 4 is 50.7 Å². The van der Waals surface area contributed by atoms with E-state index in [1.165, 1.54) is 22.5 Å². The quantitative estimate of drug-likeness (QED) is 0.687. The van der Waals surface area contributed by atoms with Gasteiger partial charge in [-0.05, 0) is 55.7 Å². The minimum Gasteiger partial charge on any atom is -0.345 e. The monoisotopic (exact) mass is 460 g/mol. The van der Waals surface area contributed by atoms with Crippen LogP contribution in [-0.4, -0.2) is 31.7 Å². The SMILES string of the molecule is CC(NC(=O)c1cc(S(=O)(=O)N2CCCC2)ccc1Cl)c1ccc(Cl)cc1Cl. The molecule has 9 heteroatoms. The van der Waals surface area contributed by atoms with Crippen molar-refractivity contribution in [3.63, 3.8) is 0 Å². The molecule has 1 atom stereocenters. The molecule has 2 aromatic carbocycles. The van der Waals surface area contributed by atoms with Crippen molar-refractivity contribution in [2.75, 3.05) is 13.1 Å². The van der Waals surface area contributed by atoms with Crippen LogP contribution in [0.15, 0.2) is 41.3 Å². The molecular formula is C19H19Cl3N2O3S. The third kappa shape index (κ3) is 4.47. The van der Waals surface area contributed by atoms with Crippen LogP contribution in [0.4, 0.5) is 0 Å². The lowest BCUT2D eigenvalue weighted by atomic mass is 10.1. The predicted molar refractivity (Wildman–Crippen MR) is 112 cm³/mol. The molecule has 1 N–H and O–H groups in total. The first kappa shape index (κ1) is 21.4. The number of halogens is 3. The summed E-state index contributed by atoms with van der Waals surface area (Å²) in [5.41, 5.74) is 0.787. The van der Waals surface area contributed by atoms with Crippen molar-refractivity contribution in [3.8, 4) is 0 Å². The van der Waals surface area contributed by atoms with E-state index in [-0.39, 0.29) is 15.5 Å². The van der Waals surface area contributed by atoms with E-state index in [2.05, 4.69) is 5.32 Å². The Morgan fingerprint density at radius 3 is 2.36 bits per heavy atom. The number of hydrogen-bond donors (Lipinski definition) is 1. The van der Waals surface area contributed by atoms with Gasteiger partial charge in [0.05, 0.1) is 21.5 Å². The predicted octanol–water partition coefficient (Wildman–Crippen LogP) is 4.92. The van der Waals surface area contributed by atoms with Crippen LogP contribution in [0.5, 0.6) is 0 Å². The van der Waals surface area contributed by atoms with Crippen molar-refractivity contribution in [1.82, 2.24) is 9.62 Å². The number of sulfonamides is 1. The fraction of sp³-hybridized carbons (Fsp3) is 0.316. The Morgan fingerprint density at radius 2 is 1.71 bits per heavy atom. The average Bonchev–Trinajstić information content (AvgIpc) is 3.17. The Bertz CT molecular complexity index is 1010. The van der Waals surface area contributed by atoms with Crippen LogP contribution in [0, 0.1) is 0 Å². The molecule has 3 rings (SSSR count). The highest BCUT2D eigenvalue weighted by Gasteiger charge is 2.28. The van der Waals surface area contributed by atoms with Crippen molar-refractivity contribution in [3.05, 3.63) is 62.6 Å². The minimum atomic E-state index is -3.64. The first-order valence-electron chi connectivity index (χ1n) is 8.75. The summed E-state index contributed by atoms with van der Waals surface area (Å²) in [6, 6.07) is 8.75. The number of benzene rings is 2. The second-order valence-corrected chi connectivity index (χ2v) is 9.80. The smallest absolute Gasteiger partial charge is 0.253 e. The fourth-order valence-electron chi connectivity index (χ4n) is 3.12. The molecule has 0 bridgehead atoms. The summed E-state index contributed by atoms with van der Waals surface area (Å²) in [5, 5.41) is 3.90. The minimum absolute atomic E-state index is 0.0566. The lowest BCUT2D eigenvalue weighted by Gasteiger charge is -2.18. The molecule has 1 amide bonds. The van der Waals surface area contributed by atoms with Crippen molar-refractivity contribution in [2.24, 2.45) is 0 Å². The zero-order chi connectivity index (χ0) is 20.5. The topological polar surface area (TPSA) is 66.5 Å². The molecule has 0 aromatic heterocycles. The van der Waals surface area contributed by atoms with E-state index in [4.69, 9.17) is 34.8 Å². The first-order chi connectivity index (χ1) is 13.2. The number of nitrogens with zero attached hydrogens (tertiary/aromatic N) is 1. The van der Waals surface area contributed by atoms with Gasteiger partial charge >= 0.3 is 0 Å². The molecule has 1 saturated heterocycles. The Labute approximate surface area is 179 Å². The zero-order valence-electron chi connectivity index (χ0n) is 15.1. The highest BCUT2D eigenvalue weighted by atomic mass is 35.5. The van der Waals surface area contributed by atoms with Gasteiger partial charge in [0.2, 0.25) is 10.0 Å². The molecule has 28 heavy (non-hydrogen) atoms. The standard InChI is InChI=1S/C19H19Cl3N2O3S/c1-12(15-6-4-13(20)10-18(15)22)23-19(25)16-11-14(5-7-17(16)21)28(26,27)24-8-2-3-9-24/h4-7,10-12H,2-3,8-9H2,1H3,(H,23,25). The van der Waals surface area contributed by atoms with Gasteiger partial charge < -0.3 is 5.32 Å². The summed E-state index contributed by atoms with van der Waals surface area (Å²) in [6.45, 7) is 2.74. The van der Waals surface area contributed by atoms with Gasteiger partial charge in [-0.1, -0.05) is 40.9 Å². The maximum atomic E-state index is 12.8. The van der Waals surface area contributed by atoms with Gasteiger partial charge in [-0.25, -0.2) is 8.42 Å². The Kier molecular flexibility index (Phi) is 6.57. The molecule has 1 fully saturated rings. The van der Waals surface area contributed by atoms with Crippen molar-refractivity contribution in [1.29, 1.82) is 0 Å². The van der Waals surface area contributed by atoms with Crippen LogP contribution in [-0.2, 0) is 10.0 Å². The summed E-state index contributed by atoms with van der Waals surface area (Å²) in [6.07, 6.45) is 1.67. The molecule has 0 spiro atoms. The molecule has 1 aliphatic rings. The number of hydrogen-bond acceptors (Lipinski definition) is 3. The number of carbonyl (C=O) groups is 1. The Morgan fingerprint density at radius 1 is 1.04 bits per heavy atom. The average molecular weight is 462 g/mol. The van der Waals surface area contributed by atoms with Crippen LogP contribution >= 0.6 is 34.8 Å². The van der Waals surface area contributed by atoms with Crippen LogP contribution < -0.4 is 5.32 Å². The molecule has 0 radical (unpaired) electrons. The molecule has 150 valence electrons. The summed E-state index contributed by atoms with van der Waals surface area (Å²) in [7, 11) is -3.64. The highest BCUT2D eigenvalue weighted by molar-refractivity contribution is 7.89. The number of rotatable bonds is 5. The largest absolute Gasteiger partial charge is 0.345 e. The van der Waals surface area contributed by atoms with E-state index in [1.807, 2.05) is 0 Å². The second kappa shape index (κ2) is 8.59. The highest BCUT2D eigenvalue weighted by Crippen LogP contribution is 2.28. The third-order valence-electron chi connectivity index (χ3n) is 4.66. The van der Waals surface area contributed by atoms with Crippen LogP contribution in [0.1, 0.15) is 41.7 Å². The maximum absolute atomic E-state index is 12.8.